The Bertz CT molecular complexity index is 1250. The van der Waals surface area contributed by atoms with E-state index in [1.54, 1.807) is 7.11 Å². The topological polar surface area (TPSA) is 59.4 Å². The number of benzene rings is 3. The van der Waals surface area contributed by atoms with Crippen LogP contribution in [0.4, 0.5) is 5.69 Å². The van der Waals surface area contributed by atoms with E-state index < -0.39 is 0 Å². The Morgan fingerprint density at radius 2 is 1.60 bits per heavy atom. The summed E-state index contributed by atoms with van der Waals surface area (Å²) in [7, 11) is 1.62. The van der Waals surface area contributed by atoms with Gasteiger partial charge >= 0.3 is 0 Å². The molecule has 0 saturated carbocycles. The molecule has 0 fully saturated rings. The molecule has 1 N–H and O–H groups in total. The maximum Gasteiger partial charge on any atom is 0.280 e. The Labute approximate surface area is 175 Å². The first-order chi connectivity index (χ1) is 14.6. The first kappa shape index (κ1) is 19.5. The van der Waals surface area contributed by atoms with Gasteiger partial charge in [-0.25, -0.2) is 4.68 Å². The van der Waals surface area contributed by atoms with Gasteiger partial charge in [0.1, 0.15) is 5.75 Å². The summed E-state index contributed by atoms with van der Waals surface area (Å²) in [5, 5.41) is 3.16. The minimum Gasteiger partial charge on any atom is -0.497 e. The molecule has 3 aromatic carbocycles. The molecular weight excluding hydrogens is 374 g/mol. The minimum absolute atomic E-state index is 0.129. The lowest BCUT2D eigenvalue weighted by Crippen LogP contribution is -2.19. The fourth-order valence-electron chi connectivity index (χ4n) is 3.56. The van der Waals surface area contributed by atoms with Gasteiger partial charge in [-0.1, -0.05) is 48.5 Å². The van der Waals surface area contributed by atoms with Crippen molar-refractivity contribution in [1.82, 2.24) is 9.78 Å². The lowest BCUT2D eigenvalue weighted by Gasteiger charge is -2.07. The summed E-state index contributed by atoms with van der Waals surface area (Å²) in [4.78, 5) is 18.0. The van der Waals surface area contributed by atoms with Crippen LogP contribution in [0, 0.1) is 6.92 Å². The Hall–Kier alpha value is -3.86. The van der Waals surface area contributed by atoms with Crippen molar-refractivity contribution >= 4 is 11.4 Å². The third-order valence-corrected chi connectivity index (χ3v) is 5.04. The summed E-state index contributed by atoms with van der Waals surface area (Å²) in [5.41, 5.74) is 5.58. The van der Waals surface area contributed by atoms with E-state index in [0.29, 0.717) is 11.3 Å². The van der Waals surface area contributed by atoms with Crippen LogP contribution in [0.5, 0.6) is 5.75 Å². The zero-order valence-corrected chi connectivity index (χ0v) is 17.2. The number of para-hydroxylation sites is 1. The Morgan fingerprint density at radius 3 is 2.30 bits per heavy atom. The third kappa shape index (κ3) is 3.70. The van der Waals surface area contributed by atoms with Crippen LogP contribution in [0.25, 0.3) is 16.8 Å². The third-order valence-electron chi connectivity index (χ3n) is 5.04. The molecule has 4 rings (SSSR count). The number of H-pyrrole nitrogens is 1. The van der Waals surface area contributed by atoms with Crippen LogP contribution >= 0.6 is 0 Å². The molecule has 0 bridgehead atoms. The summed E-state index contributed by atoms with van der Waals surface area (Å²) >= 11 is 0. The van der Waals surface area contributed by atoms with E-state index in [0.717, 1.165) is 33.9 Å². The van der Waals surface area contributed by atoms with Crippen molar-refractivity contribution in [3.05, 3.63) is 100 Å². The molecule has 5 heteroatoms. The molecule has 0 aliphatic carbocycles. The van der Waals surface area contributed by atoms with Crippen LogP contribution in [0.15, 0.2) is 88.6 Å². The average molecular weight is 397 g/mol. The zero-order valence-electron chi connectivity index (χ0n) is 17.2. The quantitative estimate of drug-likeness (QED) is 0.465. The highest BCUT2D eigenvalue weighted by Gasteiger charge is 2.16. The van der Waals surface area contributed by atoms with Crippen molar-refractivity contribution in [3.63, 3.8) is 0 Å². The standard InChI is InChI=1S/C25H23N3O2/c1-17(26-23-12-8-7-11-22(23)19-9-5-4-6-10-19)24-18(2)27-28(25(24)29)20-13-15-21(30-3)16-14-20/h4-16,27H,1-3H3. The Kier molecular flexibility index (Phi) is 5.35. The summed E-state index contributed by atoms with van der Waals surface area (Å²) in [6, 6.07) is 25.4. The molecule has 150 valence electrons. The molecule has 30 heavy (non-hydrogen) atoms. The zero-order chi connectivity index (χ0) is 21.1. The Morgan fingerprint density at radius 1 is 0.933 bits per heavy atom. The number of methoxy groups -OCH3 is 1. The van der Waals surface area contributed by atoms with Crippen molar-refractivity contribution in [2.75, 3.05) is 7.11 Å². The van der Waals surface area contributed by atoms with Crippen molar-refractivity contribution in [3.8, 4) is 22.6 Å². The minimum atomic E-state index is -0.129. The predicted octanol–water partition coefficient (Wildman–Crippen LogP) is 5.29. The molecule has 4 aromatic rings. The fourth-order valence-corrected chi connectivity index (χ4v) is 3.56. The number of aromatic nitrogens is 2. The number of nitrogens with zero attached hydrogens (tertiary/aromatic N) is 2. The number of aromatic amines is 1. The number of ether oxygens (including phenoxy) is 1. The van der Waals surface area contributed by atoms with E-state index in [4.69, 9.17) is 9.73 Å². The van der Waals surface area contributed by atoms with Gasteiger partial charge in [0, 0.05) is 11.3 Å². The van der Waals surface area contributed by atoms with E-state index in [1.165, 1.54) is 4.68 Å². The number of hydrogen-bond acceptors (Lipinski definition) is 3. The van der Waals surface area contributed by atoms with E-state index in [-0.39, 0.29) is 5.56 Å². The van der Waals surface area contributed by atoms with Crippen LogP contribution in [-0.4, -0.2) is 22.6 Å². The molecule has 5 nitrogen and oxygen atoms in total. The van der Waals surface area contributed by atoms with Crippen LogP contribution in [-0.2, 0) is 0 Å². The molecule has 0 aliphatic rings. The normalized spacial score (nSPS) is 11.5. The van der Waals surface area contributed by atoms with Crippen molar-refractivity contribution in [1.29, 1.82) is 0 Å². The van der Waals surface area contributed by atoms with Crippen LogP contribution in [0.3, 0.4) is 0 Å². The molecule has 0 saturated heterocycles. The van der Waals surface area contributed by atoms with E-state index in [9.17, 15) is 4.79 Å². The highest BCUT2D eigenvalue weighted by molar-refractivity contribution is 6.01. The maximum absolute atomic E-state index is 13.2. The van der Waals surface area contributed by atoms with Gasteiger partial charge in [0.2, 0.25) is 0 Å². The smallest absolute Gasteiger partial charge is 0.280 e. The van der Waals surface area contributed by atoms with Gasteiger partial charge in [-0.15, -0.1) is 0 Å². The second-order valence-electron chi connectivity index (χ2n) is 7.03. The van der Waals surface area contributed by atoms with Gasteiger partial charge in [-0.05, 0) is 49.7 Å². The number of rotatable bonds is 5. The average Bonchev–Trinajstić information content (AvgIpc) is 3.08. The van der Waals surface area contributed by atoms with Crippen molar-refractivity contribution in [2.24, 2.45) is 4.99 Å². The van der Waals surface area contributed by atoms with Gasteiger partial charge < -0.3 is 4.74 Å². The molecule has 1 heterocycles. The number of aryl methyl sites for hydroxylation is 1. The molecular formula is C25H23N3O2. The van der Waals surface area contributed by atoms with Crippen LogP contribution < -0.4 is 10.3 Å². The number of nitrogens with one attached hydrogen (secondary N) is 1. The van der Waals surface area contributed by atoms with Gasteiger partial charge in [0.25, 0.3) is 5.56 Å². The molecule has 0 radical (unpaired) electrons. The fraction of sp³-hybridized carbons (Fsp3) is 0.120. The second kappa shape index (κ2) is 8.25. The van der Waals surface area contributed by atoms with E-state index in [1.807, 2.05) is 80.6 Å². The molecule has 0 atom stereocenters. The molecule has 0 unspecified atom stereocenters. The summed E-state index contributed by atoms with van der Waals surface area (Å²) in [6.45, 7) is 3.76. The number of hydrogen-bond donors (Lipinski definition) is 1. The monoisotopic (exact) mass is 397 g/mol. The molecule has 0 amide bonds. The SMILES string of the molecule is COc1ccc(-n2[nH]c(C)c(C(C)=Nc3ccccc3-c3ccccc3)c2=O)cc1. The lowest BCUT2D eigenvalue weighted by molar-refractivity contribution is 0.414. The number of aliphatic imine (C=N–C) groups is 1. The van der Waals surface area contributed by atoms with Gasteiger partial charge in [-0.2, -0.15) is 0 Å². The van der Waals surface area contributed by atoms with E-state index in [2.05, 4.69) is 17.2 Å². The summed E-state index contributed by atoms with van der Waals surface area (Å²) in [6.07, 6.45) is 0. The van der Waals surface area contributed by atoms with Crippen molar-refractivity contribution in [2.45, 2.75) is 13.8 Å². The van der Waals surface area contributed by atoms with Crippen LogP contribution in [0.2, 0.25) is 0 Å². The lowest BCUT2D eigenvalue weighted by atomic mass is 10.0. The van der Waals surface area contributed by atoms with E-state index >= 15 is 0 Å². The second-order valence-corrected chi connectivity index (χ2v) is 7.03. The van der Waals surface area contributed by atoms with Crippen LogP contribution in [0.1, 0.15) is 18.2 Å². The highest BCUT2D eigenvalue weighted by Crippen LogP contribution is 2.30. The maximum atomic E-state index is 13.2. The summed E-state index contributed by atoms with van der Waals surface area (Å²) in [5.74, 6) is 0.741. The van der Waals surface area contributed by atoms with Gasteiger partial charge in [-0.3, -0.25) is 14.9 Å². The first-order valence-electron chi connectivity index (χ1n) is 9.74. The van der Waals surface area contributed by atoms with Gasteiger partial charge in [0.05, 0.1) is 29.8 Å². The van der Waals surface area contributed by atoms with Gasteiger partial charge in [0.15, 0.2) is 0 Å². The molecule has 1 aromatic heterocycles. The first-order valence-corrected chi connectivity index (χ1v) is 9.74. The highest BCUT2D eigenvalue weighted by atomic mass is 16.5. The summed E-state index contributed by atoms with van der Waals surface area (Å²) < 4.78 is 6.73. The molecule has 0 spiro atoms. The predicted molar refractivity (Wildman–Crippen MR) is 121 cm³/mol. The Balaban J connectivity index is 1.76. The largest absolute Gasteiger partial charge is 0.497 e. The van der Waals surface area contributed by atoms with Crippen molar-refractivity contribution < 1.29 is 4.74 Å². The molecule has 0 aliphatic heterocycles.